The zero-order chi connectivity index (χ0) is 21.1. The predicted octanol–water partition coefficient (Wildman–Crippen LogP) is 5.23. The summed E-state index contributed by atoms with van der Waals surface area (Å²) in [6, 6.07) is 15.4. The largest absolute Gasteiger partial charge is 0.508 e. The second-order valence-electron chi connectivity index (χ2n) is 7.93. The van der Waals surface area contributed by atoms with E-state index in [0.717, 1.165) is 53.9 Å². The highest BCUT2D eigenvalue weighted by Gasteiger charge is 2.26. The zero-order valence-corrected chi connectivity index (χ0v) is 17.5. The number of benzene rings is 2. The van der Waals surface area contributed by atoms with Crippen LogP contribution in [0.5, 0.6) is 5.75 Å². The molecule has 4 rings (SSSR count). The van der Waals surface area contributed by atoms with E-state index in [9.17, 15) is 9.90 Å². The lowest BCUT2D eigenvalue weighted by Gasteiger charge is -2.35. The molecule has 30 heavy (non-hydrogen) atoms. The van der Waals surface area contributed by atoms with Crippen molar-refractivity contribution < 1.29 is 9.90 Å². The van der Waals surface area contributed by atoms with Gasteiger partial charge < -0.3 is 10.0 Å². The molecule has 5 heteroatoms. The van der Waals surface area contributed by atoms with Gasteiger partial charge >= 0.3 is 0 Å². The first-order valence-corrected chi connectivity index (χ1v) is 10.6. The Kier molecular flexibility index (Phi) is 5.79. The molecule has 1 aromatic heterocycles. The van der Waals surface area contributed by atoms with Gasteiger partial charge in [-0.3, -0.25) is 4.79 Å². The molecule has 0 saturated carbocycles. The summed E-state index contributed by atoms with van der Waals surface area (Å²) < 4.78 is 0. The lowest BCUT2D eigenvalue weighted by molar-refractivity contribution is 0.0608. The highest BCUT2D eigenvalue weighted by molar-refractivity contribution is 5.95. The van der Waals surface area contributed by atoms with Gasteiger partial charge in [0.1, 0.15) is 12.1 Å². The lowest BCUT2D eigenvalue weighted by atomic mass is 9.98. The first kappa shape index (κ1) is 20.1. The molecule has 2 aromatic carbocycles. The molecule has 1 unspecified atom stereocenters. The number of piperidine rings is 1. The van der Waals surface area contributed by atoms with E-state index in [4.69, 9.17) is 0 Å². The number of phenolic OH excluding ortho intramolecular Hbond substituents is 1. The smallest absolute Gasteiger partial charge is 0.254 e. The second-order valence-corrected chi connectivity index (χ2v) is 7.93. The standard InChI is InChI=1S/C25H27N3O2/c1-3-21-9-4-5-12-28(21)25(30)20-8-6-7-18(14-20)22-15-23(27-16-26-22)19-10-11-24(29)17(2)13-19/h6-8,10-11,13-16,21,29H,3-5,9,12H2,1-2H3. The third-order valence-electron chi connectivity index (χ3n) is 5.92. The van der Waals surface area contributed by atoms with E-state index in [0.29, 0.717) is 11.6 Å². The molecule has 154 valence electrons. The fraction of sp³-hybridized carbons (Fsp3) is 0.320. The van der Waals surface area contributed by atoms with Crippen LogP contribution < -0.4 is 0 Å². The summed E-state index contributed by atoms with van der Waals surface area (Å²) in [6.07, 6.45) is 5.89. The van der Waals surface area contributed by atoms with Crippen molar-refractivity contribution in [1.29, 1.82) is 0 Å². The van der Waals surface area contributed by atoms with Gasteiger partial charge in [-0.25, -0.2) is 9.97 Å². The van der Waals surface area contributed by atoms with E-state index in [1.807, 2.05) is 54.3 Å². The molecule has 1 N–H and O–H groups in total. The molecule has 0 radical (unpaired) electrons. The van der Waals surface area contributed by atoms with Gasteiger partial charge in [-0.1, -0.05) is 19.1 Å². The van der Waals surface area contributed by atoms with Crippen molar-refractivity contribution in [2.75, 3.05) is 6.54 Å². The first-order valence-electron chi connectivity index (χ1n) is 10.6. The molecule has 2 heterocycles. The van der Waals surface area contributed by atoms with Crippen LogP contribution in [0.25, 0.3) is 22.5 Å². The molecule has 1 aliphatic heterocycles. The third kappa shape index (κ3) is 4.06. The zero-order valence-electron chi connectivity index (χ0n) is 17.5. The number of aromatic hydroxyl groups is 1. The highest BCUT2D eigenvalue weighted by atomic mass is 16.3. The molecule has 0 bridgehead atoms. The third-order valence-corrected chi connectivity index (χ3v) is 5.92. The summed E-state index contributed by atoms with van der Waals surface area (Å²) in [4.78, 5) is 24.0. The van der Waals surface area contributed by atoms with Gasteiger partial charge in [0.05, 0.1) is 11.4 Å². The van der Waals surface area contributed by atoms with E-state index >= 15 is 0 Å². The quantitative estimate of drug-likeness (QED) is 0.650. The van der Waals surface area contributed by atoms with Gasteiger partial charge in [0.25, 0.3) is 5.91 Å². The van der Waals surface area contributed by atoms with Crippen LogP contribution in [0.15, 0.2) is 54.9 Å². The minimum atomic E-state index is 0.104. The number of nitrogens with zero attached hydrogens (tertiary/aromatic N) is 3. The molecule has 5 nitrogen and oxygen atoms in total. The summed E-state index contributed by atoms with van der Waals surface area (Å²) in [5, 5.41) is 9.78. The monoisotopic (exact) mass is 401 g/mol. The number of aryl methyl sites for hydroxylation is 1. The molecular weight excluding hydrogens is 374 g/mol. The van der Waals surface area contributed by atoms with Crippen LogP contribution in [0.3, 0.4) is 0 Å². The summed E-state index contributed by atoms with van der Waals surface area (Å²) in [6.45, 7) is 4.85. The van der Waals surface area contributed by atoms with Gasteiger partial charge in [0.2, 0.25) is 0 Å². The molecule has 0 spiro atoms. The molecule has 0 aliphatic carbocycles. The van der Waals surface area contributed by atoms with Crippen LogP contribution in [0.1, 0.15) is 48.5 Å². The van der Waals surface area contributed by atoms with Crippen LogP contribution in [0.2, 0.25) is 0 Å². The van der Waals surface area contributed by atoms with E-state index in [1.165, 1.54) is 6.42 Å². The number of hydrogen-bond donors (Lipinski definition) is 1. The molecule has 3 aromatic rings. The van der Waals surface area contributed by atoms with Gasteiger partial charge in [-0.05, 0) is 74.6 Å². The molecule has 1 aliphatic rings. The summed E-state index contributed by atoms with van der Waals surface area (Å²) in [7, 11) is 0. The number of carbonyl (C=O) groups is 1. The van der Waals surface area contributed by atoms with Crippen molar-refractivity contribution in [2.24, 2.45) is 0 Å². The number of rotatable bonds is 4. The van der Waals surface area contributed by atoms with Crippen molar-refractivity contribution in [2.45, 2.75) is 45.6 Å². The Hall–Kier alpha value is -3.21. The minimum absolute atomic E-state index is 0.104. The topological polar surface area (TPSA) is 66.3 Å². The number of hydrogen-bond acceptors (Lipinski definition) is 4. The Morgan fingerprint density at radius 1 is 1.07 bits per heavy atom. The average molecular weight is 402 g/mol. The van der Waals surface area contributed by atoms with E-state index in [-0.39, 0.29) is 11.7 Å². The summed E-state index contributed by atoms with van der Waals surface area (Å²) >= 11 is 0. The van der Waals surface area contributed by atoms with Crippen LogP contribution in [-0.4, -0.2) is 38.5 Å². The fourth-order valence-corrected chi connectivity index (χ4v) is 4.16. The molecule has 1 amide bonds. The van der Waals surface area contributed by atoms with Gasteiger partial charge in [-0.15, -0.1) is 0 Å². The molecule has 1 saturated heterocycles. The van der Waals surface area contributed by atoms with Crippen molar-refractivity contribution in [1.82, 2.24) is 14.9 Å². The van der Waals surface area contributed by atoms with Crippen molar-refractivity contribution in [3.05, 3.63) is 66.0 Å². The minimum Gasteiger partial charge on any atom is -0.508 e. The number of carbonyl (C=O) groups excluding carboxylic acids is 1. The number of likely N-dealkylation sites (tertiary alicyclic amines) is 1. The average Bonchev–Trinajstić information content (AvgIpc) is 2.80. The SMILES string of the molecule is CCC1CCCCN1C(=O)c1cccc(-c2cc(-c3ccc(O)c(C)c3)ncn2)c1. The van der Waals surface area contributed by atoms with E-state index in [1.54, 1.807) is 12.4 Å². The van der Waals surface area contributed by atoms with Crippen LogP contribution >= 0.6 is 0 Å². The van der Waals surface area contributed by atoms with Crippen molar-refractivity contribution in [3.8, 4) is 28.3 Å². The van der Waals surface area contributed by atoms with Crippen LogP contribution in [-0.2, 0) is 0 Å². The first-order chi connectivity index (χ1) is 14.6. The maximum absolute atomic E-state index is 13.2. The lowest BCUT2D eigenvalue weighted by Crippen LogP contribution is -2.43. The van der Waals surface area contributed by atoms with Gasteiger partial charge in [0.15, 0.2) is 0 Å². The van der Waals surface area contributed by atoms with Crippen LogP contribution in [0, 0.1) is 6.92 Å². The Bertz CT molecular complexity index is 1060. The Labute approximate surface area is 177 Å². The second kappa shape index (κ2) is 8.66. The van der Waals surface area contributed by atoms with Gasteiger partial charge in [0, 0.05) is 29.3 Å². The maximum Gasteiger partial charge on any atom is 0.254 e. The van der Waals surface area contributed by atoms with E-state index < -0.39 is 0 Å². The molecule has 1 atom stereocenters. The number of phenols is 1. The highest BCUT2D eigenvalue weighted by Crippen LogP contribution is 2.28. The number of aromatic nitrogens is 2. The predicted molar refractivity (Wildman–Crippen MR) is 118 cm³/mol. The van der Waals surface area contributed by atoms with E-state index in [2.05, 4.69) is 16.9 Å². The summed E-state index contributed by atoms with van der Waals surface area (Å²) in [5.41, 5.74) is 4.86. The Balaban J connectivity index is 1.64. The Morgan fingerprint density at radius 2 is 1.83 bits per heavy atom. The van der Waals surface area contributed by atoms with Crippen LogP contribution in [0.4, 0.5) is 0 Å². The van der Waals surface area contributed by atoms with Crippen molar-refractivity contribution in [3.63, 3.8) is 0 Å². The number of amides is 1. The van der Waals surface area contributed by atoms with Gasteiger partial charge in [-0.2, -0.15) is 0 Å². The maximum atomic E-state index is 13.2. The Morgan fingerprint density at radius 3 is 2.57 bits per heavy atom. The molecular formula is C25H27N3O2. The molecule has 1 fully saturated rings. The fourth-order valence-electron chi connectivity index (χ4n) is 4.16. The summed E-state index contributed by atoms with van der Waals surface area (Å²) in [5.74, 6) is 0.370. The van der Waals surface area contributed by atoms with Crippen molar-refractivity contribution >= 4 is 5.91 Å². The normalized spacial score (nSPS) is 16.5.